The van der Waals surface area contributed by atoms with E-state index in [0.717, 1.165) is 0 Å². The average Bonchev–Trinajstić information content (AvgIpc) is 2.74. The Kier molecular flexibility index (Phi) is 7.76. The highest BCUT2D eigenvalue weighted by Gasteiger charge is 2.34. The molecule has 0 saturated carbocycles. The molecule has 1 saturated heterocycles. The fraction of sp³-hybridized carbons (Fsp3) is 0.409. The van der Waals surface area contributed by atoms with Crippen LogP contribution in [0, 0.1) is 5.82 Å². The Labute approximate surface area is 192 Å². The molecule has 3 rings (SSSR count). The molecule has 1 heterocycles. The molecule has 10 heteroatoms. The first-order chi connectivity index (χ1) is 15.1. The lowest BCUT2D eigenvalue weighted by Crippen LogP contribution is -2.48. The zero-order chi connectivity index (χ0) is 23.5. The van der Waals surface area contributed by atoms with Gasteiger partial charge in [0.2, 0.25) is 10.0 Å². The lowest BCUT2D eigenvalue weighted by molar-refractivity contribution is -0.0440. The van der Waals surface area contributed by atoms with Gasteiger partial charge in [-0.05, 0) is 56.3 Å². The topological polar surface area (TPSA) is 76.2 Å². The molecule has 1 aliphatic heterocycles. The highest BCUT2D eigenvalue weighted by molar-refractivity contribution is 7.89. The number of sulfonamides is 1. The molecule has 1 amide bonds. The van der Waals surface area contributed by atoms with Gasteiger partial charge in [0, 0.05) is 25.7 Å². The predicted octanol–water partition coefficient (Wildman–Crippen LogP) is 3.43. The summed E-state index contributed by atoms with van der Waals surface area (Å²) in [7, 11) is -2.31. The maximum Gasteiger partial charge on any atom is 0.253 e. The van der Waals surface area contributed by atoms with E-state index in [1.165, 1.54) is 51.7 Å². The van der Waals surface area contributed by atoms with Crippen molar-refractivity contribution in [3.05, 3.63) is 58.9 Å². The minimum absolute atomic E-state index is 0.0515. The largest absolute Gasteiger partial charge is 0.492 e. The van der Waals surface area contributed by atoms with Gasteiger partial charge in [0.25, 0.3) is 5.91 Å². The van der Waals surface area contributed by atoms with E-state index in [0.29, 0.717) is 5.75 Å². The fourth-order valence-electron chi connectivity index (χ4n) is 3.45. The zero-order valence-electron chi connectivity index (χ0n) is 18.1. The van der Waals surface area contributed by atoms with Crippen molar-refractivity contribution in [2.75, 3.05) is 33.3 Å². The van der Waals surface area contributed by atoms with Crippen molar-refractivity contribution in [2.45, 2.75) is 31.0 Å². The molecule has 2 aromatic carbocycles. The van der Waals surface area contributed by atoms with Crippen LogP contribution in [0.2, 0.25) is 5.02 Å². The van der Waals surface area contributed by atoms with Crippen LogP contribution in [-0.2, 0) is 14.8 Å². The normalized spacial score (nSPS) is 19.5. The van der Waals surface area contributed by atoms with E-state index < -0.39 is 10.0 Å². The smallest absolute Gasteiger partial charge is 0.253 e. The Hall–Kier alpha value is -2.20. The summed E-state index contributed by atoms with van der Waals surface area (Å²) < 4.78 is 51.9. The number of ether oxygens (including phenoxy) is 2. The number of amides is 1. The van der Waals surface area contributed by atoms with Crippen LogP contribution in [0.25, 0.3) is 0 Å². The SMILES string of the molecule is C[C@@H]1CN(S(=O)(=O)c2cc(C(=O)N(C)CCOc3ccc(F)cc3)ccc2Cl)C[C@@H](C)O1. The Morgan fingerprint density at radius 3 is 2.44 bits per heavy atom. The highest BCUT2D eigenvalue weighted by atomic mass is 35.5. The highest BCUT2D eigenvalue weighted by Crippen LogP contribution is 2.28. The van der Waals surface area contributed by atoms with Crippen LogP contribution in [-0.4, -0.2) is 69.0 Å². The molecule has 0 spiro atoms. The molecule has 0 bridgehead atoms. The quantitative estimate of drug-likeness (QED) is 0.602. The van der Waals surface area contributed by atoms with Crippen molar-refractivity contribution in [1.29, 1.82) is 0 Å². The Bertz CT molecular complexity index is 1050. The number of hydrogen-bond donors (Lipinski definition) is 0. The molecule has 1 aliphatic rings. The minimum atomic E-state index is -3.90. The van der Waals surface area contributed by atoms with Crippen molar-refractivity contribution < 1.29 is 27.1 Å². The third-order valence-corrected chi connectivity index (χ3v) is 7.35. The fourth-order valence-corrected chi connectivity index (χ4v) is 5.54. The first kappa shape index (κ1) is 24.4. The van der Waals surface area contributed by atoms with Crippen molar-refractivity contribution in [2.24, 2.45) is 0 Å². The summed E-state index contributed by atoms with van der Waals surface area (Å²) in [5.74, 6) is -0.246. The maximum atomic E-state index is 13.2. The van der Waals surface area contributed by atoms with Gasteiger partial charge >= 0.3 is 0 Å². The summed E-state index contributed by atoms with van der Waals surface area (Å²) in [6, 6.07) is 9.79. The summed E-state index contributed by atoms with van der Waals surface area (Å²) in [5.41, 5.74) is 0.201. The minimum Gasteiger partial charge on any atom is -0.492 e. The van der Waals surface area contributed by atoms with Gasteiger partial charge in [-0.15, -0.1) is 0 Å². The van der Waals surface area contributed by atoms with Crippen LogP contribution in [0.3, 0.4) is 0 Å². The van der Waals surface area contributed by atoms with E-state index in [9.17, 15) is 17.6 Å². The molecule has 7 nitrogen and oxygen atoms in total. The van der Waals surface area contributed by atoms with Crippen molar-refractivity contribution in [3.8, 4) is 5.75 Å². The molecule has 0 aliphatic carbocycles. The molecule has 32 heavy (non-hydrogen) atoms. The lowest BCUT2D eigenvalue weighted by atomic mass is 10.2. The number of rotatable bonds is 7. The molecular weight excluding hydrogens is 459 g/mol. The van der Waals surface area contributed by atoms with E-state index in [2.05, 4.69) is 0 Å². The number of morpholine rings is 1. The van der Waals surface area contributed by atoms with Gasteiger partial charge in [0.05, 0.1) is 23.8 Å². The summed E-state index contributed by atoms with van der Waals surface area (Å²) in [6.07, 6.45) is -0.492. The second-order valence-corrected chi connectivity index (χ2v) is 10.1. The van der Waals surface area contributed by atoms with Crippen LogP contribution < -0.4 is 4.74 Å². The molecule has 174 valence electrons. The Balaban J connectivity index is 1.71. The third-order valence-electron chi connectivity index (χ3n) is 5.04. The van der Waals surface area contributed by atoms with Crippen molar-refractivity contribution in [3.63, 3.8) is 0 Å². The van der Waals surface area contributed by atoms with Gasteiger partial charge in [-0.1, -0.05) is 11.6 Å². The first-order valence-corrected chi connectivity index (χ1v) is 12.0. The van der Waals surface area contributed by atoms with Gasteiger partial charge in [-0.2, -0.15) is 4.31 Å². The van der Waals surface area contributed by atoms with E-state index in [4.69, 9.17) is 21.1 Å². The molecule has 2 aromatic rings. The standard InChI is InChI=1S/C22H26ClFN2O5S/c1-15-13-26(14-16(2)31-15)32(28,29)21-12-17(4-9-20(21)23)22(27)25(3)10-11-30-19-7-5-18(24)6-8-19/h4-9,12,15-16H,10-11,13-14H2,1-3H3/t15-,16-/m1/s1. The lowest BCUT2D eigenvalue weighted by Gasteiger charge is -2.34. The van der Waals surface area contributed by atoms with E-state index in [1.54, 1.807) is 7.05 Å². The van der Waals surface area contributed by atoms with Gasteiger partial charge in [0.1, 0.15) is 23.1 Å². The van der Waals surface area contributed by atoms with Crippen molar-refractivity contribution in [1.82, 2.24) is 9.21 Å². The summed E-state index contributed by atoms with van der Waals surface area (Å²) in [4.78, 5) is 14.2. The van der Waals surface area contributed by atoms with Crippen LogP contribution in [0.1, 0.15) is 24.2 Å². The summed E-state index contributed by atoms with van der Waals surface area (Å²) in [5, 5.41) is 0.0515. The number of carbonyl (C=O) groups excluding carboxylic acids is 1. The number of carbonyl (C=O) groups is 1. The molecule has 0 radical (unpaired) electrons. The Morgan fingerprint density at radius 2 is 1.81 bits per heavy atom. The molecular formula is C22H26ClFN2O5S. The van der Waals surface area contributed by atoms with Crippen molar-refractivity contribution >= 4 is 27.5 Å². The van der Waals surface area contributed by atoms with Gasteiger partial charge in [-0.3, -0.25) is 4.79 Å². The number of nitrogens with zero attached hydrogens (tertiary/aromatic N) is 2. The van der Waals surface area contributed by atoms with Crippen LogP contribution >= 0.6 is 11.6 Å². The van der Waals surface area contributed by atoms with Crippen LogP contribution in [0.15, 0.2) is 47.4 Å². The third kappa shape index (κ3) is 5.78. The predicted molar refractivity (Wildman–Crippen MR) is 119 cm³/mol. The molecule has 2 atom stereocenters. The van der Waals surface area contributed by atoms with Crippen LogP contribution in [0.5, 0.6) is 5.75 Å². The molecule has 0 aromatic heterocycles. The molecule has 0 unspecified atom stereocenters. The van der Waals surface area contributed by atoms with E-state index >= 15 is 0 Å². The zero-order valence-corrected chi connectivity index (χ0v) is 19.7. The summed E-state index contributed by atoms with van der Waals surface area (Å²) in [6.45, 7) is 4.48. The van der Waals surface area contributed by atoms with Gasteiger partial charge < -0.3 is 14.4 Å². The average molecular weight is 485 g/mol. The number of benzene rings is 2. The summed E-state index contributed by atoms with van der Waals surface area (Å²) >= 11 is 6.21. The Morgan fingerprint density at radius 1 is 1.19 bits per heavy atom. The first-order valence-electron chi connectivity index (χ1n) is 10.2. The van der Waals surface area contributed by atoms with Gasteiger partial charge in [0.15, 0.2) is 0 Å². The van der Waals surface area contributed by atoms with E-state index in [-0.39, 0.29) is 65.7 Å². The second kappa shape index (κ2) is 10.2. The van der Waals surface area contributed by atoms with Crippen LogP contribution in [0.4, 0.5) is 4.39 Å². The van der Waals surface area contributed by atoms with E-state index in [1.807, 2.05) is 13.8 Å². The molecule has 0 N–H and O–H groups in total. The van der Waals surface area contributed by atoms with Gasteiger partial charge in [-0.25, -0.2) is 12.8 Å². The number of likely N-dealkylation sites (N-methyl/N-ethyl adjacent to an activating group) is 1. The number of halogens is 2. The molecule has 1 fully saturated rings. The monoisotopic (exact) mass is 484 g/mol. The second-order valence-electron chi connectivity index (χ2n) is 7.75. The number of hydrogen-bond acceptors (Lipinski definition) is 5. The maximum absolute atomic E-state index is 13.2.